The van der Waals surface area contributed by atoms with Crippen molar-refractivity contribution < 1.29 is 4.74 Å². The number of nitrogens with zero attached hydrogens (tertiary/aromatic N) is 3. The number of likely N-dealkylation sites (tertiary alicyclic amines) is 1. The van der Waals surface area contributed by atoms with Crippen molar-refractivity contribution in [3.63, 3.8) is 0 Å². The molecule has 2 heterocycles. The van der Waals surface area contributed by atoms with Crippen molar-refractivity contribution in [3.05, 3.63) is 0 Å². The zero-order valence-electron chi connectivity index (χ0n) is 13.1. The lowest BCUT2D eigenvalue weighted by Crippen LogP contribution is -2.38. The quantitative estimate of drug-likeness (QED) is 0.326. The molecular formula is C15H31IN4O. The maximum Gasteiger partial charge on any atom is 0.191 e. The molecule has 2 aliphatic rings. The summed E-state index contributed by atoms with van der Waals surface area (Å²) in [6, 6.07) is 0. The third-order valence-corrected chi connectivity index (χ3v) is 4.19. The molecule has 0 radical (unpaired) electrons. The maximum absolute atomic E-state index is 6.09. The van der Waals surface area contributed by atoms with Crippen molar-refractivity contribution in [2.75, 3.05) is 52.5 Å². The van der Waals surface area contributed by atoms with Gasteiger partial charge in [0.2, 0.25) is 0 Å². The number of guanidine groups is 1. The van der Waals surface area contributed by atoms with Crippen molar-refractivity contribution in [2.45, 2.75) is 38.5 Å². The summed E-state index contributed by atoms with van der Waals surface area (Å²) in [5.74, 6) is 0.762. The number of morpholine rings is 1. The summed E-state index contributed by atoms with van der Waals surface area (Å²) in [5.41, 5.74) is 6.09. The highest BCUT2D eigenvalue weighted by Gasteiger charge is 2.11. The highest BCUT2D eigenvalue weighted by molar-refractivity contribution is 14.0. The van der Waals surface area contributed by atoms with Crippen LogP contribution in [-0.2, 0) is 4.74 Å². The summed E-state index contributed by atoms with van der Waals surface area (Å²) >= 11 is 0. The molecule has 0 amide bonds. The van der Waals surface area contributed by atoms with Gasteiger partial charge >= 0.3 is 0 Å². The first-order valence-corrected chi connectivity index (χ1v) is 8.21. The molecule has 2 N–H and O–H groups in total. The van der Waals surface area contributed by atoms with Crippen LogP contribution in [0.1, 0.15) is 38.5 Å². The van der Waals surface area contributed by atoms with E-state index in [0.717, 1.165) is 58.3 Å². The van der Waals surface area contributed by atoms with Crippen LogP contribution in [0.15, 0.2) is 4.99 Å². The lowest BCUT2D eigenvalue weighted by molar-refractivity contribution is 0.0373. The number of hydrogen-bond donors (Lipinski definition) is 1. The smallest absolute Gasteiger partial charge is 0.191 e. The Labute approximate surface area is 146 Å². The predicted octanol–water partition coefficient (Wildman–Crippen LogP) is 1.91. The first-order chi connectivity index (χ1) is 9.86. The number of nitrogens with two attached hydrogens (primary N) is 1. The molecule has 21 heavy (non-hydrogen) atoms. The third kappa shape index (κ3) is 7.65. The minimum Gasteiger partial charge on any atom is -0.379 e. The number of aliphatic imine (C=N–C) groups is 1. The Morgan fingerprint density at radius 2 is 1.62 bits per heavy atom. The fourth-order valence-electron chi connectivity index (χ4n) is 2.87. The molecule has 2 fully saturated rings. The molecule has 0 aromatic carbocycles. The Kier molecular flexibility index (Phi) is 10.4. The van der Waals surface area contributed by atoms with Gasteiger partial charge in [0.05, 0.1) is 13.2 Å². The normalized spacial score (nSPS) is 21.7. The van der Waals surface area contributed by atoms with Crippen LogP contribution < -0.4 is 5.73 Å². The van der Waals surface area contributed by atoms with Gasteiger partial charge < -0.3 is 15.4 Å². The van der Waals surface area contributed by atoms with Gasteiger partial charge in [0.1, 0.15) is 0 Å². The Morgan fingerprint density at radius 3 is 2.29 bits per heavy atom. The van der Waals surface area contributed by atoms with Crippen LogP contribution in [-0.4, -0.2) is 68.2 Å². The molecule has 6 heteroatoms. The average molecular weight is 410 g/mol. The van der Waals surface area contributed by atoms with E-state index in [1.54, 1.807) is 0 Å². The zero-order valence-corrected chi connectivity index (χ0v) is 15.5. The summed E-state index contributed by atoms with van der Waals surface area (Å²) in [6.45, 7) is 8.15. The van der Waals surface area contributed by atoms with Gasteiger partial charge in [0.25, 0.3) is 0 Å². The molecule has 0 aromatic rings. The van der Waals surface area contributed by atoms with Gasteiger partial charge in [-0.1, -0.05) is 12.8 Å². The summed E-state index contributed by atoms with van der Waals surface area (Å²) in [6.07, 6.45) is 7.52. The molecule has 0 aromatic heterocycles. The Balaban J connectivity index is 0.00000220. The highest BCUT2D eigenvalue weighted by atomic mass is 127. The first kappa shape index (κ1) is 19.0. The molecule has 2 saturated heterocycles. The van der Waals surface area contributed by atoms with Crippen LogP contribution in [0.3, 0.4) is 0 Å². The molecule has 2 rings (SSSR count). The summed E-state index contributed by atoms with van der Waals surface area (Å²) in [5, 5.41) is 0. The Bertz CT molecular complexity index is 287. The van der Waals surface area contributed by atoms with E-state index in [1.165, 1.54) is 38.6 Å². The predicted molar refractivity (Wildman–Crippen MR) is 98.4 cm³/mol. The third-order valence-electron chi connectivity index (χ3n) is 4.19. The Morgan fingerprint density at radius 1 is 0.952 bits per heavy atom. The second-order valence-corrected chi connectivity index (χ2v) is 5.80. The topological polar surface area (TPSA) is 54.1 Å². The average Bonchev–Trinajstić information content (AvgIpc) is 2.77. The van der Waals surface area contributed by atoms with E-state index in [9.17, 15) is 0 Å². The van der Waals surface area contributed by atoms with E-state index in [1.807, 2.05) is 0 Å². The van der Waals surface area contributed by atoms with Crippen LogP contribution in [0.4, 0.5) is 0 Å². The fraction of sp³-hybridized carbons (Fsp3) is 0.933. The summed E-state index contributed by atoms with van der Waals surface area (Å²) < 4.78 is 5.35. The number of rotatable bonds is 5. The van der Waals surface area contributed by atoms with Gasteiger partial charge in [-0.15, -0.1) is 24.0 Å². The fourth-order valence-corrected chi connectivity index (χ4v) is 2.87. The van der Waals surface area contributed by atoms with Crippen molar-refractivity contribution >= 4 is 29.9 Å². The van der Waals surface area contributed by atoms with Crippen LogP contribution in [0, 0.1) is 0 Å². The van der Waals surface area contributed by atoms with E-state index >= 15 is 0 Å². The molecule has 0 saturated carbocycles. The van der Waals surface area contributed by atoms with Gasteiger partial charge in [-0.05, 0) is 32.2 Å². The Hall–Kier alpha value is -0.0800. The lowest BCUT2D eigenvalue weighted by Gasteiger charge is -2.26. The molecule has 0 bridgehead atoms. The number of unbranched alkanes of at least 4 members (excludes halogenated alkanes) is 1. The van der Waals surface area contributed by atoms with Gasteiger partial charge in [-0.25, -0.2) is 0 Å². The minimum atomic E-state index is 0. The second kappa shape index (κ2) is 11.5. The lowest BCUT2D eigenvalue weighted by atomic mass is 10.2. The van der Waals surface area contributed by atoms with E-state index in [2.05, 4.69) is 14.8 Å². The second-order valence-electron chi connectivity index (χ2n) is 5.80. The maximum atomic E-state index is 6.09. The van der Waals surface area contributed by atoms with Crippen molar-refractivity contribution in [1.82, 2.24) is 9.80 Å². The SMILES string of the molecule is I.NC(=NCCCCN1CCOCC1)N1CCCCCC1. The van der Waals surface area contributed by atoms with Gasteiger partial charge in [-0.3, -0.25) is 9.89 Å². The molecule has 5 nitrogen and oxygen atoms in total. The molecule has 0 aliphatic carbocycles. The minimum absolute atomic E-state index is 0. The number of halogens is 1. The van der Waals surface area contributed by atoms with E-state index in [-0.39, 0.29) is 24.0 Å². The van der Waals surface area contributed by atoms with Crippen molar-refractivity contribution in [1.29, 1.82) is 0 Å². The van der Waals surface area contributed by atoms with E-state index in [4.69, 9.17) is 10.5 Å². The summed E-state index contributed by atoms with van der Waals surface area (Å²) in [7, 11) is 0. The van der Waals surface area contributed by atoms with Gasteiger partial charge in [0, 0.05) is 32.7 Å². The molecule has 0 unspecified atom stereocenters. The number of ether oxygens (including phenoxy) is 1. The standard InChI is InChI=1S/C15H30N4O.HI/c16-15(19-9-4-1-2-5-10-19)17-7-3-6-8-18-11-13-20-14-12-18;/h1-14H2,(H2,16,17);1H. The van der Waals surface area contributed by atoms with Crippen LogP contribution >= 0.6 is 24.0 Å². The van der Waals surface area contributed by atoms with Gasteiger partial charge in [-0.2, -0.15) is 0 Å². The zero-order chi connectivity index (χ0) is 14.0. The molecular weight excluding hydrogens is 379 g/mol. The van der Waals surface area contributed by atoms with E-state index < -0.39 is 0 Å². The molecule has 2 aliphatic heterocycles. The monoisotopic (exact) mass is 410 g/mol. The van der Waals surface area contributed by atoms with Gasteiger partial charge in [0.15, 0.2) is 5.96 Å². The first-order valence-electron chi connectivity index (χ1n) is 8.21. The number of hydrogen-bond acceptors (Lipinski definition) is 3. The van der Waals surface area contributed by atoms with Crippen LogP contribution in [0.5, 0.6) is 0 Å². The summed E-state index contributed by atoms with van der Waals surface area (Å²) in [4.78, 5) is 9.29. The molecule has 124 valence electrons. The van der Waals surface area contributed by atoms with E-state index in [0.29, 0.717) is 0 Å². The van der Waals surface area contributed by atoms with Crippen LogP contribution in [0.25, 0.3) is 0 Å². The van der Waals surface area contributed by atoms with Crippen molar-refractivity contribution in [3.8, 4) is 0 Å². The molecule has 0 spiro atoms. The highest BCUT2D eigenvalue weighted by Crippen LogP contribution is 2.09. The largest absolute Gasteiger partial charge is 0.379 e. The van der Waals surface area contributed by atoms with Crippen molar-refractivity contribution in [2.24, 2.45) is 10.7 Å². The molecule has 0 atom stereocenters. The van der Waals surface area contributed by atoms with Crippen LogP contribution in [0.2, 0.25) is 0 Å².